The smallest absolute Gasteiger partial charge is 0.228 e. The number of rotatable bonds is 3. The molecule has 1 saturated heterocycles. The summed E-state index contributed by atoms with van der Waals surface area (Å²) in [5, 5.41) is 0. The molecule has 1 aliphatic heterocycles. The van der Waals surface area contributed by atoms with Gasteiger partial charge in [-0.2, -0.15) is 0 Å². The van der Waals surface area contributed by atoms with E-state index in [0.29, 0.717) is 29.7 Å². The molecule has 2 N–H and O–H groups in total. The minimum Gasteiger partial charge on any atom is -0.342 e. The first kappa shape index (κ1) is 13.9. The summed E-state index contributed by atoms with van der Waals surface area (Å²) in [5.41, 5.74) is 5.91. The number of carbonyl (C=O) groups excluding carboxylic acids is 1. The van der Waals surface area contributed by atoms with Crippen LogP contribution in [0.5, 0.6) is 0 Å². The molecule has 3 unspecified atom stereocenters. The van der Waals surface area contributed by atoms with Gasteiger partial charge in [0.05, 0.1) is 0 Å². The molecule has 1 amide bonds. The van der Waals surface area contributed by atoms with Crippen LogP contribution in [0.3, 0.4) is 0 Å². The minimum atomic E-state index is -0.225. The van der Waals surface area contributed by atoms with Gasteiger partial charge in [0.15, 0.2) is 0 Å². The maximum Gasteiger partial charge on any atom is 0.228 e. The molecule has 0 aromatic rings. The second kappa shape index (κ2) is 4.84. The van der Waals surface area contributed by atoms with Crippen LogP contribution in [0, 0.1) is 23.2 Å². The van der Waals surface area contributed by atoms with E-state index in [1.807, 2.05) is 0 Å². The Morgan fingerprint density at radius 3 is 2.56 bits per heavy atom. The lowest BCUT2D eigenvalue weighted by Gasteiger charge is -2.31. The van der Waals surface area contributed by atoms with E-state index in [-0.39, 0.29) is 5.41 Å². The van der Waals surface area contributed by atoms with E-state index in [2.05, 4.69) is 32.6 Å². The fourth-order valence-corrected chi connectivity index (χ4v) is 4.01. The molecule has 2 fully saturated rings. The molecule has 0 radical (unpaired) electrons. The predicted octanol–water partition coefficient (Wildman–Crippen LogP) is 2.25. The van der Waals surface area contributed by atoms with Gasteiger partial charge in [0, 0.05) is 24.5 Å². The van der Waals surface area contributed by atoms with E-state index in [1.165, 1.54) is 6.42 Å². The molecular weight excluding hydrogens is 224 g/mol. The lowest BCUT2D eigenvalue weighted by Crippen LogP contribution is -2.41. The number of likely N-dealkylation sites (tertiary alicyclic amines) is 1. The Morgan fingerprint density at radius 2 is 2.00 bits per heavy atom. The van der Waals surface area contributed by atoms with Crippen LogP contribution in [0.15, 0.2) is 0 Å². The molecule has 0 spiro atoms. The molecule has 1 aliphatic carbocycles. The van der Waals surface area contributed by atoms with Crippen LogP contribution in [0.25, 0.3) is 0 Å². The van der Waals surface area contributed by atoms with Gasteiger partial charge in [0.2, 0.25) is 5.91 Å². The summed E-state index contributed by atoms with van der Waals surface area (Å²) in [6.07, 6.45) is 3.32. The van der Waals surface area contributed by atoms with Crippen molar-refractivity contribution in [1.82, 2.24) is 4.90 Å². The SMILES string of the molecule is CC(C)CC(C)(C)C(=O)N1CC2CCC(N)C2C1. The van der Waals surface area contributed by atoms with Crippen molar-refractivity contribution in [1.29, 1.82) is 0 Å². The van der Waals surface area contributed by atoms with Gasteiger partial charge in [-0.3, -0.25) is 4.79 Å². The molecule has 1 heterocycles. The van der Waals surface area contributed by atoms with E-state index in [4.69, 9.17) is 5.73 Å². The molecule has 1 saturated carbocycles. The number of hydrogen-bond acceptors (Lipinski definition) is 2. The van der Waals surface area contributed by atoms with Crippen molar-refractivity contribution in [2.75, 3.05) is 13.1 Å². The quantitative estimate of drug-likeness (QED) is 0.837. The van der Waals surface area contributed by atoms with Crippen LogP contribution in [0.4, 0.5) is 0 Å². The van der Waals surface area contributed by atoms with Gasteiger partial charge in [0.25, 0.3) is 0 Å². The van der Waals surface area contributed by atoms with Gasteiger partial charge >= 0.3 is 0 Å². The van der Waals surface area contributed by atoms with E-state index in [1.54, 1.807) is 0 Å². The number of nitrogens with two attached hydrogens (primary N) is 1. The third-order valence-corrected chi connectivity index (χ3v) is 4.70. The first-order valence-electron chi connectivity index (χ1n) is 7.36. The van der Waals surface area contributed by atoms with E-state index in [0.717, 1.165) is 25.9 Å². The van der Waals surface area contributed by atoms with Crippen LogP contribution in [0.2, 0.25) is 0 Å². The Morgan fingerprint density at radius 1 is 1.33 bits per heavy atom. The van der Waals surface area contributed by atoms with Crippen molar-refractivity contribution in [3.8, 4) is 0 Å². The summed E-state index contributed by atoms with van der Waals surface area (Å²) in [6, 6.07) is 0.320. The highest BCUT2D eigenvalue weighted by Gasteiger charge is 2.45. The van der Waals surface area contributed by atoms with Crippen molar-refractivity contribution in [3.05, 3.63) is 0 Å². The summed E-state index contributed by atoms with van der Waals surface area (Å²) in [4.78, 5) is 14.7. The fourth-order valence-electron chi connectivity index (χ4n) is 4.01. The molecular formula is C15H28N2O. The molecule has 2 aliphatic rings. The normalized spacial score (nSPS) is 32.1. The second-order valence-corrected chi connectivity index (χ2v) is 7.36. The van der Waals surface area contributed by atoms with Crippen molar-refractivity contribution in [2.45, 2.75) is 53.0 Å². The number of nitrogens with zero attached hydrogens (tertiary/aromatic N) is 1. The Balaban J connectivity index is 1.99. The summed E-state index contributed by atoms with van der Waals surface area (Å²) < 4.78 is 0. The Hall–Kier alpha value is -0.570. The summed E-state index contributed by atoms with van der Waals surface area (Å²) in [6.45, 7) is 10.4. The van der Waals surface area contributed by atoms with Crippen molar-refractivity contribution < 1.29 is 4.79 Å². The van der Waals surface area contributed by atoms with Gasteiger partial charge in [-0.1, -0.05) is 27.7 Å². The van der Waals surface area contributed by atoms with E-state index < -0.39 is 0 Å². The lowest BCUT2D eigenvalue weighted by molar-refractivity contribution is -0.140. The molecule has 104 valence electrons. The third kappa shape index (κ3) is 2.56. The topological polar surface area (TPSA) is 46.3 Å². The maximum absolute atomic E-state index is 12.6. The van der Waals surface area contributed by atoms with Gasteiger partial charge in [-0.05, 0) is 37.0 Å². The van der Waals surface area contributed by atoms with Crippen molar-refractivity contribution in [3.63, 3.8) is 0 Å². The van der Waals surface area contributed by atoms with Crippen LogP contribution >= 0.6 is 0 Å². The number of hydrogen-bond donors (Lipinski definition) is 1. The average molecular weight is 252 g/mol. The number of fused-ring (bicyclic) bond motifs is 1. The van der Waals surface area contributed by atoms with Crippen molar-refractivity contribution in [2.24, 2.45) is 28.9 Å². The number of carbonyl (C=O) groups is 1. The highest BCUT2D eigenvalue weighted by atomic mass is 16.2. The van der Waals surface area contributed by atoms with Crippen LogP contribution in [-0.2, 0) is 4.79 Å². The van der Waals surface area contributed by atoms with Gasteiger partial charge in [0.1, 0.15) is 0 Å². The lowest BCUT2D eigenvalue weighted by atomic mass is 9.82. The van der Waals surface area contributed by atoms with Crippen LogP contribution in [0.1, 0.15) is 47.0 Å². The average Bonchev–Trinajstić information content (AvgIpc) is 2.78. The molecule has 0 aromatic carbocycles. The molecule has 3 nitrogen and oxygen atoms in total. The summed E-state index contributed by atoms with van der Waals surface area (Å²) in [7, 11) is 0. The van der Waals surface area contributed by atoms with Gasteiger partial charge in [-0.15, -0.1) is 0 Å². The molecule has 0 bridgehead atoms. The van der Waals surface area contributed by atoms with E-state index >= 15 is 0 Å². The standard InChI is InChI=1S/C15H28N2O/c1-10(2)7-15(3,4)14(18)17-8-11-5-6-13(16)12(11)9-17/h10-13H,5-9,16H2,1-4H3. The van der Waals surface area contributed by atoms with Gasteiger partial charge < -0.3 is 10.6 Å². The highest BCUT2D eigenvalue weighted by molar-refractivity contribution is 5.82. The Bertz CT molecular complexity index is 324. The Labute approximate surface area is 111 Å². The largest absolute Gasteiger partial charge is 0.342 e. The molecule has 2 rings (SSSR count). The van der Waals surface area contributed by atoms with Crippen LogP contribution in [-0.4, -0.2) is 29.9 Å². The predicted molar refractivity (Wildman–Crippen MR) is 74.0 cm³/mol. The zero-order valence-corrected chi connectivity index (χ0v) is 12.3. The molecule has 3 atom stereocenters. The summed E-state index contributed by atoms with van der Waals surface area (Å²) in [5.74, 6) is 2.12. The second-order valence-electron chi connectivity index (χ2n) is 7.36. The third-order valence-electron chi connectivity index (χ3n) is 4.70. The zero-order chi connectivity index (χ0) is 13.5. The first-order chi connectivity index (χ1) is 8.31. The first-order valence-corrected chi connectivity index (χ1v) is 7.36. The maximum atomic E-state index is 12.6. The molecule has 18 heavy (non-hydrogen) atoms. The fraction of sp³-hybridized carbons (Fsp3) is 0.933. The van der Waals surface area contributed by atoms with Crippen LogP contribution < -0.4 is 5.73 Å². The number of amides is 1. The highest BCUT2D eigenvalue weighted by Crippen LogP contribution is 2.39. The minimum absolute atomic E-state index is 0.225. The zero-order valence-electron chi connectivity index (χ0n) is 12.3. The molecule has 0 aromatic heterocycles. The molecule has 3 heteroatoms. The van der Waals surface area contributed by atoms with E-state index in [9.17, 15) is 4.79 Å². The monoisotopic (exact) mass is 252 g/mol. The van der Waals surface area contributed by atoms with Crippen molar-refractivity contribution >= 4 is 5.91 Å². The van der Waals surface area contributed by atoms with Gasteiger partial charge in [-0.25, -0.2) is 0 Å². The Kier molecular flexibility index (Phi) is 3.72. The summed E-state index contributed by atoms with van der Waals surface area (Å²) >= 11 is 0.